The van der Waals surface area contributed by atoms with E-state index in [-0.39, 0.29) is 44.4 Å². The van der Waals surface area contributed by atoms with E-state index < -0.39 is 27.9 Å². The summed E-state index contributed by atoms with van der Waals surface area (Å²) in [5.74, 6) is -1.99. The molecule has 3 aromatic rings. The molecule has 2 N–H and O–H groups in total. The number of ketones is 2. The number of nitrogens with zero attached hydrogens (tertiary/aromatic N) is 2. The number of aromatic hydroxyl groups is 1. The van der Waals surface area contributed by atoms with Gasteiger partial charge >= 0.3 is 5.69 Å². The first-order valence-corrected chi connectivity index (χ1v) is 10.5. The summed E-state index contributed by atoms with van der Waals surface area (Å²) in [5, 5.41) is 21.9. The monoisotopic (exact) mass is 480 g/mol. The highest BCUT2D eigenvalue weighted by molar-refractivity contribution is 6.30. The maximum atomic E-state index is 13.2. The number of nitroso groups, excluding NO2 is 1. The molecule has 4 rings (SSSR count). The van der Waals surface area contributed by atoms with Crippen LogP contribution in [0.5, 0.6) is 23.0 Å². The molecule has 3 aromatic carbocycles. The first-order chi connectivity index (χ1) is 16.7. The van der Waals surface area contributed by atoms with Crippen LogP contribution in [0.15, 0.2) is 48.5 Å². The number of rotatable bonds is 6. The van der Waals surface area contributed by atoms with Gasteiger partial charge in [-0.1, -0.05) is 38.1 Å². The minimum atomic E-state index is -0.686. The summed E-state index contributed by atoms with van der Waals surface area (Å²) in [6.07, 6.45) is 0. The maximum Gasteiger partial charge on any atom is 0.312 e. The van der Waals surface area contributed by atoms with Gasteiger partial charge in [0, 0.05) is 34.4 Å². The van der Waals surface area contributed by atoms with Crippen LogP contribution < -0.4 is 15.2 Å². The molecule has 0 spiro atoms. The van der Waals surface area contributed by atoms with Gasteiger partial charge in [-0.25, -0.2) is 0 Å². The Morgan fingerprint density at radius 1 is 0.886 bits per heavy atom. The summed E-state index contributed by atoms with van der Waals surface area (Å²) in [6.45, 7) is 5.53. The molecule has 0 unspecified atom stereocenters. The van der Waals surface area contributed by atoms with E-state index in [9.17, 15) is 29.7 Å². The molecule has 0 saturated heterocycles. The molecular weight excluding hydrogens is 458 g/mol. The van der Waals surface area contributed by atoms with Gasteiger partial charge in [0.15, 0.2) is 17.3 Å². The normalized spacial score (nSPS) is 11.4. The number of benzene rings is 3. The van der Waals surface area contributed by atoms with Crippen molar-refractivity contribution in [3.05, 3.63) is 91.4 Å². The minimum Gasteiger partial charge on any atom is -0.507 e. The Balaban J connectivity index is 0.00000167. The van der Waals surface area contributed by atoms with Gasteiger partial charge in [-0.15, -0.1) is 0 Å². The van der Waals surface area contributed by atoms with Crippen molar-refractivity contribution in [3.63, 3.8) is 0 Å². The molecule has 0 fully saturated rings. The van der Waals surface area contributed by atoms with Crippen molar-refractivity contribution in [3.8, 4) is 23.0 Å². The molecule has 35 heavy (non-hydrogen) atoms. The fraction of sp³-hybridized carbons (Fsp3) is 0.167. The van der Waals surface area contributed by atoms with Crippen LogP contribution in [-0.2, 0) is 0 Å². The first-order valence-electron chi connectivity index (χ1n) is 10.5. The number of aryl methyl sites for hydroxylation is 1. The standard InChI is InChI=1S/C22H15N3O8.C2H6/c1-11-9-14(25(30)31)18(10-17(11)33-23-24(2)29)32-16-8-7-15(26)19-20(16)22(28)13-6-4-3-5-12(13)21(19)27;1-2/h3-10H,1-2H3,(H-,23,26,27,29);1-2H3/p+1. The molecule has 1 aliphatic rings. The Kier molecular flexibility index (Phi) is 7.09. The summed E-state index contributed by atoms with van der Waals surface area (Å²) >= 11 is 0. The Bertz CT molecular complexity index is 1370. The number of nitrogens with one attached hydrogen (secondary N) is 1. The molecule has 0 heterocycles. The molecule has 180 valence electrons. The van der Waals surface area contributed by atoms with E-state index in [1.54, 1.807) is 12.1 Å². The molecule has 0 aliphatic heterocycles. The van der Waals surface area contributed by atoms with Gasteiger partial charge in [0.05, 0.1) is 21.0 Å². The summed E-state index contributed by atoms with van der Waals surface area (Å²) in [6, 6.07) is 10.9. The maximum absolute atomic E-state index is 13.2. The molecule has 0 saturated carbocycles. The van der Waals surface area contributed by atoms with Crippen LogP contribution in [0.4, 0.5) is 5.69 Å². The number of fused-ring (bicyclic) bond motifs is 2. The summed E-state index contributed by atoms with van der Waals surface area (Å²) in [7, 11) is 1.14. The second kappa shape index (κ2) is 10.00. The Labute approximate surface area is 199 Å². The predicted octanol–water partition coefficient (Wildman–Crippen LogP) is 4.41. The number of nitro groups is 1. The molecule has 0 amide bonds. The molecule has 0 bridgehead atoms. The topological polar surface area (TPSA) is 148 Å². The van der Waals surface area contributed by atoms with E-state index in [0.29, 0.717) is 5.56 Å². The highest BCUT2D eigenvalue weighted by Crippen LogP contribution is 2.42. The summed E-state index contributed by atoms with van der Waals surface area (Å²) in [4.78, 5) is 53.6. The zero-order chi connectivity index (χ0) is 25.9. The molecule has 1 aliphatic carbocycles. The first kappa shape index (κ1) is 24.8. The van der Waals surface area contributed by atoms with Gasteiger partial charge in [-0.05, 0) is 19.1 Å². The summed E-state index contributed by atoms with van der Waals surface area (Å²) < 4.78 is 5.74. The van der Waals surface area contributed by atoms with E-state index in [2.05, 4.69) is 0 Å². The number of hydrazine groups is 1. The minimum absolute atomic E-state index is 0.0543. The number of hydrogen-bond donors (Lipinski definition) is 2. The predicted molar refractivity (Wildman–Crippen MR) is 124 cm³/mol. The summed E-state index contributed by atoms with van der Waals surface area (Å²) in [5.41, 5.74) is 1.72. The van der Waals surface area contributed by atoms with E-state index in [1.807, 2.05) is 19.4 Å². The van der Waals surface area contributed by atoms with Gasteiger partial charge < -0.3 is 14.7 Å². The zero-order valence-electron chi connectivity index (χ0n) is 19.3. The third-order valence-electron chi connectivity index (χ3n) is 4.97. The average molecular weight is 480 g/mol. The van der Waals surface area contributed by atoms with Crippen LogP contribution in [0.25, 0.3) is 0 Å². The number of hydrogen-bond acceptors (Lipinski definition) is 8. The van der Waals surface area contributed by atoms with Crippen molar-refractivity contribution in [2.75, 3.05) is 7.05 Å². The number of ether oxygens (including phenoxy) is 1. The number of phenols is 1. The Morgan fingerprint density at radius 3 is 2.06 bits per heavy atom. The van der Waals surface area contributed by atoms with E-state index in [0.717, 1.165) is 7.05 Å². The van der Waals surface area contributed by atoms with Crippen LogP contribution in [-0.4, -0.2) is 33.5 Å². The largest absolute Gasteiger partial charge is 0.507 e. The smallest absolute Gasteiger partial charge is 0.312 e. The van der Waals surface area contributed by atoms with Crippen LogP contribution in [0.3, 0.4) is 0 Å². The number of phenolic OH excluding ortho intramolecular Hbond substituents is 1. The van der Waals surface area contributed by atoms with E-state index in [1.165, 1.54) is 43.3 Å². The lowest BCUT2D eigenvalue weighted by atomic mass is 9.83. The highest BCUT2D eigenvalue weighted by Gasteiger charge is 2.35. The number of carbonyl (C=O) groups excluding carboxylic acids is 2. The zero-order valence-corrected chi connectivity index (χ0v) is 19.3. The van der Waals surface area contributed by atoms with E-state index >= 15 is 0 Å². The lowest BCUT2D eigenvalue weighted by molar-refractivity contribution is -0.624. The van der Waals surface area contributed by atoms with Gasteiger partial charge in [0.25, 0.3) is 0 Å². The lowest BCUT2D eigenvalue weighted by Gasteiger charge is -2.21. The van der Waals surface area contributed by atoms with Gasteiger partial charge in [-0.3, -0.25) is 19.7 Å². The molecule has 11 heteroatoms. The van der Waals surface area contributed by atoms with Crippen molar-refractivity contribution < 1.29 is 34.1 Å². The second-order valence-electron chi connectivity index (χ2n) is 7.17. The fourth-order valence-electron chi connectivity index (χ4n) is 3.48. The van der Waals surface area contributed by atoms with Gasteiger partial charge in [0.1, 0.15) is 16.4 Å². The molecule has 0 atom stereocenters. The molecule has 0 radical (unpaired) electrons. The SMILES string of the molecule is CC.Cc1cc([N+](=O)[O-])c(Oc2ccc(O)c3c2C(=O)c2ccccc2C3=O)cc1ON[N+](C)=O. The third-order valence-corrected chi connectivity index (χ3v) is 4.97. The van der Waals surface area contributed by atoms with Gasteiger partial charge in [0.2, 0.25) is 12.8 Å². The van der Waals surface area contributed by atoms with Crippen LogP contribution in [0.1, 0.15) is 51.3 Å². The highest BCUT2D eigenvalue weighted by atomic mass is 16.7. The lowest BCUT2D eigenvalue weighted by Crippen LogP contribution is -2.26. The van der Waals surface area contributed by atoms with Crippen molar-refractivity contribution >= 4 is 17.3 Å². The van der Waals surface area contributed by atoms with Crippen molar-refractivity contribution in [1.82, 2.24) is 5.59 Å². The van der Waals surface area contributed by atoms with Crippen LogP contribution >= 0.6 is 0 Å². The van der Waals surface area contributed by atoms with Crippen LogP contribution in [0.2, 0.25) is 0 Å². The van der Waals surface area contributed by atoms with Crippen molar-refractivity contribution in [2.45, 2.75) is 20.8 Å². The molecule has 0 aromatic heterocycles. The molecule has 11 nitrogen and oxygen atoms in total. The number of nitro benzene ring substituents is 1. The fourth-order valence-corrected chi connectivity index (χ4v) is 3.48. The third kappa shape index (κ3) is 4.64. The van der Waals surface area contributed by atoms with Crippen molar-refractivity contribution in [1.29, 1.82) is 0 Å². The molecular formula is C24H22N3O8+. The number of carbonyl (C=O) groups is 2. The second-order valence-corrected chi connectivity index (χ2v) is 7.17. The van der Waals surface area contributed by atoms with Crippen molar-refractivity contribution in [2.24, 2.45) is 0 Å². The Morgan fingerprint density at radius 2 is 1.49 bits per heavy atom. The van der Waals surface area contributed by atoms with Gasteiger partial charge in [-0.2, -0.15) is 0 Å². The van der Waals surface area contributed by atoms with E-state index in [4.69, 9.17) is 9.57 Å². The quantitative estimate of drug-likeness (QED) is 0.232. The average Bonchev–Trinajstić information content (AvgIpc) is 2.84. The van der Waals surface area contributed by atoms with Crippen LogP contribution in [0, 0.1) is 21.9 Å². The Hall–Kier alpha value is -4.80.